The highest BCUT2D eigenvalue weighted by atomic mass is 16.5. The van der Waals surface area contributed by atoms with Crippen LogP contribution in [0.3, 0.4) is 0 Å². The van der Waals surface area contributed by atoms with Crippen LogP contribution in [0.15, 0.2) is 48.5 Å². The number of ether oxygens (including phenoxy) is 2. The van der Waals surface area contributed by atoms with Crippen molar-refractivity contribution < 1.29 is 14.3 Å². The summed E-state index contributed by atoms with van der Waals surface area (Å²) in [6.45, 7) is 10.3. The molecule has 2 aromatic rings. The fourth-order valence-electron chi connectivity index (χ4n) is 2.23. The van der Waals surface area contributed by atoms with E-state index in [1.54, 1.807) is 0 Å². The summed E-state index contributed by atoms with van der Waals surface area (Å²) in [5.74, 6) is 1.56. The van der Waals surface area contributed by atoms with Crippen LogP contribution in [0.2, 0.25) is 0 Å². The van der Waals surface area contributed by atoms with E-state index in [1.165, 1.54) is 0 Å². The van der Waals surface area contributed by atoms with Gasteiger partial charge in [0.1, 0.15) is 17.1 Å². The van der Waals surface area contributed by atoms with Crippen molar-refractivity contribution in [1.29, 1.82) is 0 Å². The van der Waals surface area contributed by atoms with E-state index < -0.39 is 0 Å². The molecule has 3 nitrogen and oxygen atoms in total. The van der Waals surface area contributed by atoms with E-state index in [9.17, 15) is 4.79 Å². The zero-order valence-electron chi connectivity index (χ0n) is 15.8. The molecule has 0 heterocycles. The Morgan fingerprint density at radius 1 is 0.920 bits per heavy atom. The normalized spacial score (nSPS) is 12.5. The van der Waals surface area contributed by atoms with Gasteiger partial charge in [-0.3, -0.25) is 4.79 Å². The highest BCUT2D eigenvalue weighted by Gasteiger charge is 2.17. The molecule has 2 rings (SSSR count). The van der Waals surface area contributed by atoms with Crippen molar-refractivity contribution in [3.05, 3.63) is 59.7 Å². The predicted octanol–water partition coefficient (Wildman–Crippen LogP) is 5.66. The van der Waals surface area contributed by atoms with Crippen molar-refractivity contribution in [2.75, 3.05) is 0 Å². The van der Waals surface area contributed by atoms with Gasteiger partial charge in [-0.15, -0.1) is 0 Å². The molecule has 0 aliphatic rings. The van der Waals surface area contributed by atoms with Gasteiger partial charge in [0.05, 0.1) is 6.10 Å². The topological polar surface area (TPSA) is 35.5 Å². The standard InChI is InChI=1S/C22H28O3/c1-6-16(3)24-19-12-8-17(9-13-19)21(23)18-10-14-20(15-11-18)25-22(4,5)7-2/h8-16H,6-7H2,1-5H3. The third-order valence-corrected chi connectivity index (χ3v) is 4.39. The number of rotatable bonds is 8. The molecule has 0 bridgehead atoms. The zero-order chi connectivity index (χ0) is 18.4. The van der Waals surface area contributed by atoms with Crippen LogP contribution in [0.1, 0.15) is 63.4 Å². The van der Waals surface area contributed by atoms with Gasteiger partial charge in [0.25, 0.3) is 0 Å². The van der Waals surface area contributed by atoms with Gasteiger partial charge in [0.15, 0.2) is 5.78 Å². The van der Waals surface area contributed by atoms with Crippen molar-refractivity contribution in [3.63, 3.8) is 0 Å². The average molecular weight is 340 g/mol. The average Bonchev–Trinajstić information content (AvgIpc) is 2.62. The Kier molecular flexibility index (Phi) is 6.24. The molecular formula is C22H28O3. The van der Waals surface area contributed by atoms with E-state index >= 15 is 0 Å². The molecule has 2 aromatic carbocycles. The van der Waals surface area contributed by atoms with Gasteiger partial charge in [0.2, 0.25) is 0 Å². The third-order valence-electron chi connectivity index (χ3n) is 4.39. The highest BCUT2D eigenvalue weighted by molar-refractivity contribution is 6.09. The van der Waals surface area contributed by atoms with Crippen LogP contribution in [-0.2, 0) is 0 Å². The van der Waals surface area contributed by atoms with E-state index in [0.29, 0.717) is 11.1 Å². The third kappa shape index (κ3) is 5.35. The second-order valence-corrected chi connectivity index (χ2v) is 6.93. The van der Waals surface area contributed by atoms with Crippen LogP contribution in [-0.4, -0.2) is 17.5 Å². The van der Waals surface area contributed by atoms with Gasteiger partial charge < -0.3 is 9.47 Å². The maximum Gasteiger partial charge on any atom is 0.193 e. The molecule has 0 spiro atoms. The molecule has 0 aromatic heterocycles. The van der Waals surface area contributed by atoms with Crippen LogP contribution in [0.4, 0.5) is 0 Å². The summed E-state index contributed by atoms with van der Waals surface area (Å²) >= 11 is 0. The Balaban J connectivity index is 2.07. The first-order chi connectivity index (χ1) is 11.8. The fraction of sp³-hybridized carbons (Fsp3) is 0.409. The van der Waals surface area contributed by atoms with E-state index in [4.69, 9.17) is 9.47 Å². The number of carbonyl (C=O) groups excluding carboxylic acids is 1. The minimum atomic E-state index is -0.211. The van der Waals surface area contributed by atoms with Crippen molar-refractivity contribution in [2.45, 2.75) is 59.2 Å². The fourth-order valence-corrected chi connectivity index (χ4v) is 2.23. The summed E-state index contributed by atoms with van der Waals surface area (Å²) in [6, 6.07) is 14.6. The Morgan fingerprint density at radius 3 is 1.84 bits per heavy atom. The first-order valence-electron chi connectivity index (χ1n) is 8.95. The summed E-state index contributed by atoms with van der Waals surface area (Å²) in [6.07, 6.45) is 2.03. The SMILES string of the molecule is CCC(C)Oc1ccc(C(=O)c2ccc(OC(C)(C)CC)cc2)cc1. The number of carbonyl (C=O) groups is 1. The van der Waals surface area contributed by atoms with Crippen LogP contribution < -0.4 is 9.47 Å². The second kappa shape index (κ2) is 8.19. The summed E-state index contributed by atoms with van der Waals surface area (Å²) in [5.41, 5.74) is 1.09. The molecule has 0 radical (unpaired) electrons. The van der Waals surface area contributed by atoms with Gasteiger partial charge in [-0.25, -0.2) is 0 Å². The molecule has 25 heavy (non-hydrogen) atoms. The molecule has 0 amide bonds. The monoisotopic (exact) mass is 340 g/mol. The van der Waals surface area contributed by atoms with Gasteiger partial charge in [0, 0.05) is 11.1 Å². The van der Waals surface area contributed by atoms with Crippen LogP contribution in [0.25, 0.3) is 0 Å². The smallest absolute Gasteiger partial charge is 0.193 e. The Bertz CT molecular complexity index is 684. The molecule has 0 saturated heterocycles. The molecule has 0 saturated carbocycles. The lowest BCUT2D eigenvalue weighted by molar-refractivity contribution is 0.103. The number of ketones is 1. The Hall–Kier alpha value is -2.29. The zero-order valence-corrected chi connectivity index (χ0v) is 15.8. The maximum atomic E-state index is 12.6. The molecule has 1 unspecified atom stereocenters. The first kappa shape index (κ1) is 19.0. The van der Waals surface area contributed by atoms with Crippen LogP contribution in [0, 0.1) is 0 Å². The first-order valence-corrected chi connectivity index (χ1v) is 8.95. The number of hydrogen-bond acceptors (Lipinski definition) is 3. The second-order valence-electron chi connectivity index (χ2n) is 6.93. The highest BCUT2D eigenvalue weighted by Crippen LogP contribution is 2.23. The minimum absolute atomic E-state index is 0.00334. The molecule has 134 valence electrons. The minimum Gasteiger partial charge on any atom is -0.491 e. The van der Waals surface area contributed by atoms with Gasteiger partial charge >= 0.3 is 0 Å². The lowest BCUT2D eigenvalue weighted by Gasteiger charge is -2.24. The summed E-state index contributed by atoms with van der Waals surface area (Å²) in [4.78, 5) is 12.6. The molecule has 0 N–H and O–H groups in total. The quantitative estimate of drug-likeness (QED) is 0.581. The van der Waals surface area contributed by atoms with Gasteiger partial charge in [-0.2, -0.15) is 0 Å². The summed E-state index contributed by atoms with van der Waals surface area (Å²) in [7, 11) is 0. The van der Waals surface area contributed by atoms with E-state index in [2.05, 4.69) is 27.7 Å². The van der Waals surface area contributed by atoms with Gasteiger partial charge in [-0.1, -0.05) is 13.8 Å². The Labute approximate surface area is 151 Å². The lowest BCUT2D eigenvalue weighted by Crippen LogP contribution is -2.26. The Morgan fingerprint density at radius 2 is 1.40 bits per heavy atom. The lowest BCUT2D eigenvalue weighted by atomic mass is 10.0. The molecule has 0 fully saturated rings. The maximum absolute atomic E-state index is 12.6. The molecule has 3 heteroatoms. The van der Waals surface area contributed by atoms with Gasteiger partial charge in [-0.05, 0) is 82.1 Å². The van der Waals surface area contributed by atoms with E-state index in [0.717, 1.165) is 24.3 Å². The van der Waals surface area contributed by atoms with Crippen LogP contribution >= 0.6 is 0 Å². The van der Waals surface area contributed by atoms with Crippen molar-refractivity contribution >= 4 is 5.78 Å². The molecule has 1 atom stereocenters. The van der Waals surface area contributed by atoms with E-state index in [1.807, 2.05) is 55.5 Å². The number of benzene rings is 2. The van der Waals surface area contributed by atoms with Crippen molar-refractivity contribution in [2.24, 2.45) is 0 Å². The molecular weight excluding hydrogens is 312 g/mol. The van der Waals surface area contributed by atoms with E-state index in [-0.39, 0.29) is 17.5 Å². The largest absolute Gasteiger partial charge is 0.491 e. The van der Waals surface area contributed by atoms with Crippen molar-refractivity contribution in [1.82, 2.24) is 0 Å². The summed E-state index contributed by atoms with van der Waals surface area (Å²) in [5, 5.41) is 0. The van der Waals surface area contributed by atoms with Crippen LogP contribution in [0.5, 0.6) is 11.5 Å². The predicted molar refractivity (Wildman–Crippen MR) is 102 cm³/mol. The number of hydrogen-bond donors (Lipinski definition) is 0. The molecule has 0 aliphatic carbocycles. The molecule has 0 aliphatic heterocycles. The van der Waals surface area contributed by atoms with Crippen molar-refractivity contribution in [3.8, 4) is 11.5 Å². The summed E-state index contributed by atoms with van der Waals surface area (Å²) < 4.78 is 11.7.